The van der Waals surface area contributed by atoms with Crippen molar-refractivity contribution in [3.8, 4) is 44.5 Å². The molecule has 0 amide bonds. The quantitative estimate of drug-likeness (QED) is 0.169. The SMILES string of the molecule is c1ccc(-c2ccc(-c3ccc4c(ccc5cc(-c6ccc7c(ccc8cc(-c9cccc%10ccccc9%10)ccc87)c6)ccc54)c3)cc2)cc1. The molecular formula is C50H32. The highest BCUT2D eigenvalue weighted by Crippen LogP contribution is 2.37. The molecule has 10 aromatic rings. The van der Waals surface area contributed by atoms with E-state index in [1.165, 1.54) is 98.4 Å². The van der Waals surface area contributed by atoms with E-state index < -0.39 is 0 Å². The van der Waals surface area contributed by atoms with Crippen molar-refractivity contribution in [1.82, 2.24) is 0 Å². The van der Waals surface area contributed by atoms with Gasteiger partial charge in [-0.25, -0.2) is 0 Å². The van der Waals surface area contributed by atoms with Crippen LogP contribution in [-0.4, -0.2) is 0 Å². The van der Waals surface area contributed by atoms with Gasteiger partial charge >= 0.3 is 0 Å². The lowest BCUT2D eigenvalue weighted by Crippen LogP contribution is -1.85. The average Bonchev–Trinajstić information content (AvgIpc) is 3.20. The summed E-state index contributed by atoms with van der Waals surface area (Å²) in [6.07, 6.45) is 0. The van der Waals surface area contributed by atoms with Crippen molar-refractivity contribution >= 4 is 53.9 Å². The van der Waals surface area contributed by atoms with Crippen LogP contribution in [0.1, 0.15) is 0 Å². The van der Waals surface area contributed by atoms with Crippen LogP contribution in [0.3, 0.4) is 0 Å². The Bertz CT molecular complexity index is 2890. The molecule has 0 saturated carbocycles. The predicted octanol–water partition coefficient (Wildman–Crippen LogP) is 14.1. The zero-order chi connectivity index (χ0) is 33.0. The van der Waals surface area contributed by atoms with E-state index in [1.54, 1.807) is 0 Å². The summed E-state index contributed by atoms with van der Waals surface area (Å²) in [4.78, 5) is 0. The van der Waals surface area contributed by atoms with E-state index in [9.17, 15) is 0 Å². The maximum absolute atomic E-state index is 2.34. The molecule has 0 nitrogen and oxygen atoms in total. The fourth-order valence-corrected chi connectivity index (χ4v) is 7.81. The Morgan fingerprint density at radius 2 is 0.560 bits per heavy atom. The van der Waals surface area contributed by atoms with Crippen LogP contribution in [0.15, 0.2) is 194 Å². The van der Waals surface area contributed by atoms with Gasteiger partial charge in [-0.05, 0) is 123 Å². The highest BCUT2D eigenvalue weighted by molar-refractivity contribution is 6.12. The number of hydrogen-bond acceptors (Lipinski definition) is 0. The Morgan fingerprint density at radius 3 is 1.12 bits per heavy atom. The van der Waals surface area contributed by atoms with Crippen molar-refractivity contribution in [2.24, 2.45) is 0 Å². The Balaban J connectivity index is 0.966. The molecule has 0 N–H and O–H groups in total. The summed E-state index contributed by atoms with van der Waals surface area (Å²) in [6, 6.07) is 71.3. The van der Waals surface area contributed by atoms with Crippen LogP contribution in [0.4, 0.5) is 0 Å². The first kappa shape index (κ1) is 28.5. The van der Waals surface area contributed by atoms with Gasteiger partial charge in [0.15, 0.2) is 0 Å². The van der Waals surface area contributed by atoms with Gasteiger partial charge in [-0.1, -0.05) is 170 Å². The van der Waals surface area contributed by atoms with E-state index in [0.29, 0.717) is 0 Å². The first-order valence-corrected chi connectivity index (χ1v) is 17.3. The molecule has 0 unspecified atom stereocenters. The van der Waals surface area contributed by atoms with Crippen molar-refractivity contribution in [2.75, 3.05) is 0 Å². The fourth-order valence-electron chi connectivity index (χ4n) is 7.81. The topological polar surface area (TPSA) is 0 Å². The second kappa shape index (κ2) is 11.6. The van der Waals surface area contributed by atoms with Crippen molar-refractivity contribution in [3.63, 3.8) is 0 Å². The van der Waals surface area contributed by atoms with Crippen LogP contribution in [0.25, 0.3) is 98.4 Å². The summed E-state index contributed by atoms with van der Waals surface area (Å²) in [5, 5.41) is 12.7. The van der Waals surface area contributed by atoms with Crippen LogP contribution in [0, 0.1) is 0 Å². The first-order chi connectivity index (χ1) is 24.7. The lowest BCUT2D eigenvalue weighted by Gasteiger charge is -2.12. The second-order valence-electron chi connectivity index (χ2n) is 13.3. The predicted molar refractivity (Wildman–Crippen MR) is 216 cm³/mol. The molecule has 0 radical (unpaired) electrons. The largest absolute Gasteiger partial charge is 0.0622 e. The minimum absolute atomic E-state index is 1.23. The summed E-state index contributed by atoms with van der Waals surface area (Å²) in [6.45, 7) is 0. The average molecular weight is 633 g/mol. The molecule has 0 aliphatic heterocycles. The Morgan fingerprint density at radius 1 is 0.180 bits per heavy atom. The van der Waals surface area contributed by atoms with Gasteiger partial charge in [0.2, 0.25) is 0 Å². The van der Waals surface area contributed by atoms with Crippen LogP contribution >= 0.6 is 0 Å². The van der Waals surface area contributed by atoms with Gasteiger partial charge in [0.25, 0.3) is 0 Å². The molecule has 0 heteroatoms. The van der Waals surface area contributed by atoms with E-state index in [-0.39, 0.29) is 0 Å². The zero-order valence-corrected chi connectivity index (χ0v) is 27.5. The van der Waals surface area contributed by atoms with Crippen LogP contribution in [0.2, 0.25) is 0 Å². The highest BCUT2D eigenvalue weighted by atomic mass is 14.1. The van der Waals surface area contributed by atoms with E-state index in [2.05, 4.69) is 194 Å². The van der Waals surface area contributed by atoms with Crippen molar-refractivity contribution in [3.05, 3.63) is 194 Å². The third-order valence-electron chi connectivity index (χ3n) is 10.4. The minimum atomic E-state index is 1.23. The molecule has 0 aliphatic rings. The molecular weight excluding hydrogens is 601 g/mol. The molecule has 10 rings (SSSR count). The van der Waals surface area contributed by atoms with Crippen LogP contribution in [0.5, 0.6) is 0 Å². The van der Waals surface area contributed by atoms with Crippen LogP contribution in [-0.2, 0) is 0 Å². The summed E-state index contributed by atoms with van der Waals surface area (Å²) < 4.78 is 0. The van der Waals surface area contributed by atoms with Gasteiger partial charge in [-0.2, -0.15) is 0 Å². The first-order valence-electron chi connectivity index (χ1n) is 17.3. The molecule has 0 atom stereocenters. The summed E-state index contributed by atoms with van der Waals surface area (Å²) in [5.74, 6) is 0. The molecule has 10 aromatic carbocycles. The Labute approximate surface area is 291 Å². The Kier molecular flexibility index (Phi) is 6.60. The smallest absolute Gasteiger partial charge is 0.0105 e. The van der Waals surface area contributed by atoms with E-state index >= 15 is 0 Å². The van der Waals surface area contributed by atoms with Crippen molar-refractivity contribution in [2.45, 2.75) is 0 Å². The lowest BCUT2D eigenvalue weighted by molar-refractivity contribution is 1.60. The summed E-state index contributed by atoms with van der Waals surface area (Å²) >= 11 is 0. The van der Waals surface area contributed by atoms with Crippen LogP contribution < -0.4 is 0 Å². The van der Waals surface area contributed by atoms with Crippen molar-refractivity contribution in [1.29, 1.82) is 0 Å². The van der Waals surface area contributed by atoms with Gasteiger partial charge < -0.3 is 0 Å². The number of rotatable bonds is 4. The zero-order valence-electron chi connectivity index (χ0n) is 27.5. The number of fused-ring (bicyclic) bond motifs is 7. The van der Waals surface area contributed by atoms with Crippen molar-refractivity contribution < 1.29 is 0 Å². The molecule has 0 heterocycles. The molecule has 0 fully saturated rings. The molecule has 0 saturated heterocycles. The summed E-state index contributed by atoms with van der Waals surface area (Å²) in [7, 11) is 0. The third kappa shape index (κ3) is 4.85. The third-order valence-corrected chi connectivity index (χ3v) is 10.4. The van der Waals surface area contributed by atoms with Gasteiger partial charge in [-0.15, -0.1) is 0 Å². The molecule has 0 bridgehead atoms. The van der Waals surface area contributed by atoms with Gasteiger partial charge in [-0.3, -0.25) is 0 Å². The molecule has 0 aliphatic carbocycles. The maximum atomic E-state index is 2.34. The normalized spacial score (nSPS) is 11.6. The minimum Gasteiger partial charge on any atom is -0.0622 e. The van der Waals surface area contributed by atoms with Gasteiger partial charge in [0.05, 0.1) is 0 Å². The van der Waals surface area contributed by atoms with E-state index in [1.807, 2.05) is 0 Å². The van der Waals surface area contributed by atoms with E-state index in [4.69, 9.17) is 0 Å². The molecule has 232 valence electrons. The van der Waals surface area contributed by atoms with Gasteiger partial charge in [0, 0.05) is 0 Å². The fraction of sp³-hybridized carbons (Fsp3) is 0. The molecule has 50 heavy (non-hydrogen) atoms. The second-order valence-corrected chi connectivity index (χ2v) is 13.3. The number of hydrogen-bond donors (Lipinski definition) is 0. The highest BCUT2D eigenvalue weighted by Gasteiger charge is 2.10. The maximum Gasteiger partial charge on any atom is -0.0105 e. The summed E-state index contributed by atoms with van der Waals surface area (Å²) in [5.41, 5.74) is 9.95. The standard InChI is InChI=1S/C50H32/c1-2-7-33(8-3-1)34-13-15-35(16-14-34)37-21-25-47-40(29-37)17-18-41-30-38(22-26-48(41)47)39-23-27-49-42(31-39)19-20-43-32-44(24-28-50(43)49)46-12-6-10-36-9-4-5-11-45(36)46/h1-32H. The number of benzene rings is 10. The molecule has 0 aromatic heterocycles. The van der Waals surface area contributed by atoms with E-state index in [0.717, 1.165) is 0 Å². The van der Waals surface area contributed by atoms with Gasteiger partial charge in [0.1, 0.15) is 0 Å². The monoisotopic (exact) mass is 632 g/mol. The lowest BCUT2D eigenvalue weighted by atomic mass is 9.92. The molecule has 0 spiro atoms. The Hall–Kier alpha value is -6.50.